The largest absolute Gasteiger partial charge is 0.367 e. The number of nitrogens with zero attached hydrogens (tertiary/aromatic N) is 4. The predicted octanol–water partition coefficient (Wildman–Crippen LogP) is 0.107. The van der Waals surface area contributed by atoms with Crippen LogP contribution in [0.4, 0.5) is 0 Å². The zero-order valence-electron chi connectivity index (χ0n) is 10.5. The summed E-state index contributed by atoms with van der Waals surface area (Å²) in [5.74, 6) is -0.0390. The molecule has 1 fully saturated rings. The van der Waals surface area contributed by atoms with Crippen LogP contribution in [0.5, 0.6) is 0 Å². The Morgan fingerprint density at radius 1 is 1.59 bits per heavy atom. The predicted molar refractivity (Wildman–Crippen MR) is 61.8 cm³/mol. The third-order valence-electron chi connectivity index (χ3n) is 3.09. The topological polar surface area (TPSA) is 60.2 Å². The van der Waals surface area contributed by atoms with Gasteiger partial charge in [0.1, 0.15) is 11.8 Å². The molecule has 1 aliphatic heterocycles. The van der Waals surface area contributed by atoms with E-state index in [9.17, 15) is 4.79 Å². The lowest BCUT2D eigenvalue weighted by atomic mass is 10.1. The smallest absolute Gasteiger partial charge is 0.212 e. The minimum Gasteiger partial charge on any atom is -0.367 e. The quantitative estimate of drug-likeness (QED) is 0.699. The summed E-state index contributed by atoms with van der Waals surface area (Å²) in [5, 5.41) is 7.48. The number of hydrogen-bond donors (Lipinski definition) is 0. The first-order valence-corrected chi connectivity index (χ1v) is 5.84. The lowest BCUT2D eigenvalue weighted by Gasteiger charge is -2.34. The second-order valence-corrected chi connectivity index (χ2v) is 4.56. The highest BCUT2D eigenvalue weighted by Crippen LogP contribution is 2.12. The number of ketones is 1. The van der Waals surface area contributed by atoms with Crippen LogP contribution in [0.15, 0.2) is 6.20 Å². The second-order valence-electron chi connectivity index (χ2n) is 4.56. The summed E-state index contributed by atoms with van der Waals surface area (Å²) in [5.41, 5.74) is 0.501. The highest BCUT2D eigenvalue weighted by atomic mass is 16.5. The van der Waals surface area contributed by atoms with E-state index in [4.69, 9.17) is 4.74 Å². The number of rotatable bonds is 3. The Kier molecular flexibility index (Phi) is 3.54. The molecule has 1 saturated heterocycles. The summed E-state index contributed by atoms with van der Waals surface area (Å²) in [6, 6.07) is 0.430. The second kappa shape index (κ2) is 4.93. The van der Waals surface area contributed by atoms with E-state index in [2.05, 4.69) is 29.1 Å². The summed E-state index contributed by atoms with van der Waals surface area (Å²) in [4.78, 5) is 14.4. The van der Waals surface area contributed by atoms with Gasteiger partial charge in [-0.3, -0.25) is 9.69 Å². The van der Waals surface area contributed by atoms with Gasteiger partial charge in [0.15, 0.2) is 0 Å². The van der Waals surface area contributed by atoms with Crippen molar-refractivity contribution in [2.45, 2.75) is 26.0 Å². The van der Waals surface area contributed by atoms with Crippen LogP contribution in [0.2, 0.25) is 0 Å². The molecule has 0 amide bonds. The molecule has 0 aliphatic carbocycles. The maximum atomic E-state index is 12.2. The van der Waals surface area contributed by atoms with Crippen molar-refractivity contribution in [3.63, 3.8) is 0 Å². The van der Waals surface area contributed by atoms with Crippen LogP contribution in [0.25, 0.3) is 0 Å². The van der Waals surface area contributed by atoms with Gasteiger partial charge in [0.25, 0.3) is 0 Å². The van der Waals surface area contributed by atoms with Gasteiger partial charge in [0.05, 0.1) is 12.8 Å². The van der Waals surface area contributed by atoms with Gasteiger partial charge in [-0.2, -0.15) is 0 Å². The van der Waals surface area contributed by atoms with Crippen molar-refractivity contribution in [2.75, 3.05) is 19.7 Å². The monoisotopic (exact) mass is 238 g/mol. The number of hydrogen-bond acceptors (Lipinski definition) is 5. The highest BCUT2D eigenvalue weighted by Gasteiger charge is 2.30. The summed E-state index contributed by atoms with van der Waals surface area (Å²) in [6.07, 6.45) is 1.09. The van der Waals surface area contributed by atoms with Gasteiger partial charge in [-0.1, -0.05) is 5.21 Å². The molecular weight excluding hydrogens is 220 g/mol. The van der Waals surface area contributed by atoms with E-state index >= 15 is 0 Å². The van der Waals surface area contributed by atoms with Gasteiger partial charge in [0, 0.05) is 26.2 Å². The molecule has 2 heterocycles. The van der Waals surface area contributed by atoms with Gasteiger partial charge in [0.2, 0.25) is 5.78 Å². The number of carbonyl (C=O) groups is 1. The van der Waals surface area contributed by atoms with Crippen molar-refractivity contribution in [1.82, 2.24) is 19.9 Å². The van der Waals surface area contributed by atoms with Crippen molar-refractivity contribution < 1.29 is 9.53 Å². The number of Topliss-reactive ketones (excluding diaryl/α,β-unsaturated/α-hetero) is 1. The average molecular weight is 238 g/mol. The molecule has 0 aromatic carbocycles. The van der Waals surface area contributed by atoms with Crippen LogP contribution in [-0.4, -0.2) is 57.5 Å². The van der Waals surface area contributed by atoms with Gasteiger partial charge < -0.3 is 4.74 Å². The molecule has 0 saturated carbocycles. The standard InChI is InChI=1S/C11H18N4O2/c1-8(2)15-4-5-17-10(7-15)11(16)9-6-12-13-14(9)3/h6,8,10H,4-5,7H2,1-3H3. The molecule has 1 aliphatic rings. The van der Waals surface area contributed by atoms with E-state index in [1.54, 1.807) is 7.05 Å². The van der Waals surface area contributed by atoms with Gasteiger partial charge in [-0.05, 0) is 13.8 Å². The molecule has 6 heteroatoms. The van der Waals surface area contributed by atoms with Crippen molar-refractivity contribution in [3.05, 3.63) is 11.9 Å². The Hall–Kier alpha value is -1.27. The fourth-order valence-corrected chi connectivity index (χ4v) is 1.97. The molecule has 17 heavy (non-hydrogen) atoms. The Labute approximate surface area is 101 Å². The number of ether oxygens (including phenoxy) is 1. The van der Waals surface area contributed by atoms with Crippen molar-refractivity contribution in [3.8, 4) is 0 Å². The number of aryl methyl sites for hydroxylation is 1. The molecule has 1 aromatic rings. The zero-order valence-corrected chi connectivity index (χ0v) is 10.5. The van der Waals surface area contributed by atoms with E-state index in [0.29, 0.717) is 24.9 Å². The Bertz CT molecular complexity index is 402. The third kappa shape index (κ3) is 2.53. The SMILES string of the molecule is CC(C)N1CCOC(C(=O)c2cnnn2C)C1. The Morgan fingerprint density at radius 3 is 2.94 bits per heavy atom. The van der Waals surface area contributed by atoms with E-state index < -0.39 is 6.10 Å². The van der Waals surface area contributed by atoms with Crippen LogP contribution in [-0.2, 0) is 11.8 Å². The maximum absolute atomic E-state index is 12.2. The number of aromatic nitrogens is 3. The molecule has 6 nitrogen and oxygen atoms in total. The molecule has 1 aromatic heterocycles. The van der Waals surface area contributed by atoms with Crippen LogP contribution in [0, 0.1) is 0 Å². The summed E-state index contributed by atoms with van der Waals surface area (Å²) in [6.45, 7) is 6.36. The normalized spacial score (nSPS) is 22.0. The van der Waals surface area contributed by atoms with Crippen LogP contribution in [0.1, 0.15) is 24.3 Å². The molecule has 2 rings (SSSR count). The van der Waals surface area contributed by atoms with Crippen molar-refractivity contribution in [1.29, 1.82) is 0 Å². The van der Waals surface area contributed by atoms with E-state index in [1.807, 2.05) is 0 Å². The molecule has 0 spiro atoms. The Balaban J connectivity index is 2.07. The first kappa shape index (κ1) is 12.2. The fourth-order valence-electron chi connectivity index (χ4n) is 1.97. The summed E-state index contributed by atoms with van der Waals surface area (Å²) >= 11 is 0. The molecule has 0 bridgehead atoms. The zero-order chi connectivity index (χ0) is 12.4. The minimum atomic E-state index is -0.400. The third-order valence-corrected chi connectivity index (χ3v) is 3.09. The maximum Gasteiger partial charge on any atom is 0.212 e. The van der Waals surface area contributed by atoms with E-state index in [0.717, 1.165) is 6.54 Å². The molecule has 1 atom stereocenters. The van der Waals surface area contributed by atoms with Gasteiger partial charge in [-0.15, -0.1) is 5.10 Å². The van der Waals surface area contributed by atoms with Crippen molar-refractivity contribution in [2.24, 2.45) is 7.05 Å². The molecule has 1 unspecified atom stereocenters. The van der Waals surface area contributed by atoms with Crippen LogP contribution >= 0.6 is 0 Å². The highest BCUT2D eigenvalue weighted by molar-refractivity contribution is 5.97. The number of morpholine rings is 1. The average Bonchev–Trinajstić information content (AvgIpc) is 2.74. The van der Waals surface area contributed by atoms with Gasteiger partial charge >= 0.3 is 0 Å². The van der Waals surface area contributed by atoms with Crippen LogP contribution < -0.4 is 0 Å². The van der Waals surface area contributed by atoms with Gasteiger partial charge in [-0.25, -0.2) is 4.68 Å². The van der Waals surface area contributed by atoms with E-state index in [1.165, 1.54) is 10.9 Å². The first-order valence-electron chi connectivity index (χ1n) is 5.84. The molecule has 94 valence electrons. The molecule has 0 N–H and O–H groups in total. The van der Waals surface area contributed by atoms with Crippen LogP contribution in [0.3, 0.4) is 0 Å². The summed E-state index contributed by atoms with van der Waals surface area (Å²) in [7, 11) is 1.71. The number of carbonyl (C=O) groups excluding carboxylic acids is 1. The lowest BCUT2D eigenvalue weighted by Crippen LogP contribution is -2.48. The molecular formula is C11H18N4O2. The summed E-state index contributed by atoms with van der Waals surface area (Å²) < 4.78 is 7.02. The first-order chi connectivity index (χ1) is 8.09. The lowest BCUT2D eigenvalue weighted by molar-refractivity contribution is -0.0260. The van der Waals surface area contributed by atoms with E-state index in [-0.39, 0.29) is 5.78 Å². The fraction of sp³-hybridized carbons (Fsp3) is 0.727. The Morgan fingerprint density at radius 2 is 2.35 bits per heavy atom. The van der Waals surface area contributed by atoms with Crippen molar-refractivity contribution >= 4 is 5.78 Å². The molecule has 0 radical (unpaired) electrons. The minimum absolute atomic E-state index is 0.0390.